The summed E-state index contributed by atoms with van der Waals surface area (Å²) in [5, 5.41) is 11.4. The van der Waals surface area contributed by atoms with Crippen molar-refractivity contribution in [2.45, 2.75) is 6.54 Å². The molecule has 0 aliphatic rings. The van der Waals surface area contributed by atoms with E-state index in [1.165, 1.54) is 0 Å². The summed E-state index contributed by atoms with van der Waals surface area (Å²) in [6, 6.07) is 7.70. The Hall–Kier alpha value is -2.04. The zero-order valence-electron chi connectivity index (χ0n) is 7.46. The smallest absolute Gasteiger partial charge is 0.159 e. The Balaban J connectivity index is 2.43. The minimum absolute atomic E-state index is 0.160. The average molecular weight is 190 g/mol. The van der Waals surface area contributed by atoms with Crippen LogP contribution in [0.2, 0.25) is 0 Å². The standard InChI is InChI=1S/C9H10N4O/c10-9(12-14)5-13-6-11-7-3-1-2-4-8(7)13/h1-4,6,14H,5H2,(H2,10,12). The molecule has 14 heavy (non-hydrogen) atoms. The van der Waals surface area contributed by atoms with Crippen LogP contribution in [0.1, 0.15) is 0 Å². The summed E-state index contributed by atoms with van der Waals surface area (Å²) in [6.45, 7) is 0.344. The van der Waals surface area contributed by atoms with Crippen LogP contribution < -0.4 is 5.73 Å². The van der Waals surface area contributed by atoms with E-state index in [1.807, 2.05) is 28.8 Å². The second-order valence-electron chi connectivity index (χ2n) is 2.95. The molecule has 0 radical (unpaired) electrons. The SMILES string of the molecule is NC(Cn1cnc2ccccc21)=NO. The van der Waals surface area contributed by atoms with Crippen molar-refractivity contribution in [2.75, 3.05) is 0 Å². The van der Waals surface area contributed by atoms with Crippen molar-refractivity contribution < 1.29 is 5.21 Å². The summed E-state index contributed by atoms with van der Waals surface area (Å²) >= 11 is 0. The van der Waals surface area contributed by atoms with Gasteiger partial charge >= 0.3 is 0 Å². The maximum absolute atomic E-state index is 8.43. The van der Waals surface area contributed by atoms with Gasteiger partial charge in [-0.25, -0.2) is 4.98 Å². The van der Waals surface area contributed by atoms with E-state index in [2.05, 4.69) is 10.1 Å². The molecule has 0 saturated carbocycles. The number of amidine groups is 1. The number of benzene rings is 1. The highest BCUT2D eigenvalue weighted by atomic mass is 16.4. The summed E-state index contributed by atoms with van der Waals surface area (Å²) in [5.74, 6) is 0.160. The zero-order chi connectivity index (χ0) is 9.97. The minimum atomic E-state index is 0.160. The summed E-state index contributed by atoms with van der Waals surface area (Å²) in [6.07, 6.45) is 1.67. The van der Waals surface area contributed by atoms with Gasteiger partial charge < -0.3 is 15.5 Å². The number of oxime groups is 1. The molecule has 0 fully saturated rings. The van der Waals surface area contributed by atoms with E-state index in [0.717, 1.165) is 11.0 Å². The Labute approximate surface area is 80.5 Å². The van der Waals surface area contributed by atoms with E-state index in [4.69, 9.17) is 10.9 Å². The number of nitrogens with zero attached hydrogens (tertiary/aromatic N) is 3. The Kier molecular flexibility index (Phi) is 2.06. The van der Waals surface area contributed by atoms with Crippen LogP contribution in [0.25, 0.3) is 11.0 Å². The van der Waals surface area contributed by atoms with Crippen LogP contribution >= 0.6 is 0 Å². The van der Waals surface area contributed by atoms with Crippen LogP contribution in [0.5, 0.6) is 0 Å². The van der Waals surface area contributed by atoms with Crippen molar-refractivity contribution in [1.29, 1.82) is 0 Å². The molecule has 0 amide bonds. The third-order valence-electron chi connectivity index (χ3n) is 1.99. The Bertz CT molecular complexity index is 474. The van der Waals surface area contributed by atoms with Crippen LogP contribution in [0, 0.1) is 0 Å². The fourth-order valence-electron chi connectivity index (χ4n) is 1.34. The molecule has 1 aromatic heterocycles. The van der Waals surface area contributed by atoms with Crippen molar-refractivity contribution in [3.63, 3.8) is 0 Å². The highest BCUT2D eigenvalue weighted by Crippen LogP contribution is 2.10. The van der Waals surface area contributed by atoms with Crippen molar-refractivity contribution in [3.05, 3.63) is 30.6 Å². The highest BCUT2D eigenvalue weighted by Gasteiger charge is 2.02. The normalized spacial score (nSPS) is 12.1. The van der Waals surface area contributed by atoms with Gasteiger partial charge in [0.05, 0.1) is 23.9 Å². The fourth-order valence-corrected chi connectivity index (χ4v) is 1.34. The molecule has 0 bridgehead atoms. The van der Waals surface area contributed by atoms with Gasteiger partial charge in [0.25, 0.3) is 0 Å². The zero-order valence-corrected chi connectivity index (χ0v) is 7.46. The summed E-state index contributed by atoms with van der Waals surface area (Å²) in [7, 11) is 0. The highest BCUT2D eigenvalue weighted by molar-refractivity contribution is 5.82. The lowest BCUT2D eigenvalue weighted by molar-refractivity contribution is 0.316. The molecule has 0 saturated heterocycles. The Morgan fingerprint density at radius 3 is 3.07 bits per heavy atom. The lowest BCUT2D eigenvalue weighted by atomic mass is 10.3. The molecule has 72 valence electrons. The Morgan fingerprint density at radius 1 is 1.50 bits per heavy atom. The first-order valence-corrected chi connectivity index (χ1v) is 4.17. The summed E-state index contributed by atoms with van der Waals surface area (Å²) in [4.78, 5) is 4.18. The largest absolute Gasteiger partial charge is 0.409 e. The van der Waals surface area contributed by atoms with E-state index < -0.39 is 0 Å². The van der Waals surface area contributed by atoms with Gasteiger partial charge in [-0.15, -0.1) is 0 Å². The molecule has 0 spiro atoms. The number of para-hydroxylation sites is 2. The van der Waals surface area contributed by atoms with Gasteiger partial charge in [-0.1, -0.05) is 17.3 Å². The van der Waals surface area contributed by atoms with Gasteiger partial charge in [0.1, 0.15) is 0 Å². The van der Waals surface area contributed by atoms with Crippen LogP contribution in [0.15, 0.2) is 35.7 Å². The molecule has 2 rings (SSSR count). The van der Waals surface area contributed by atoms with Gasteiger partial charge in [-0.2, -0.15) is 0 Å². The quantitative estimate of drug-likeness (QED) is 0.318. The third kappa shape index (κ3) is 1.39. The van der Waals surface area contributed by atoms with Crippen molar-refractivity contribution in [2.24, 2.45) is 10.9 Å². The maximum atomic E-state index is 8.43. The number of hydrogen-bond acceptors (Lipinski definition) is 3. The second kappa shape index (κ2) is 3.37. The number of hydrogen-bond donors (Lipinski definition) is 2. The van der Waals surface area contributed by atoms with Gasteiger partial charge in [0.15, 0.2) is 5.84 Å². The molecule has 0 unspecified atom stereocenters. The predicted molar refractivity (Wildman–Crippen MR) is 53.1 cm³/mol. The fraction of sp³-hybridized carbons (Fsp3) is 0.111. The molecule has 0 aliphatic carbocycles. The third-order valence-corrected chi connectivity index (χ3v) is 1.99. The topological polar surface area (TPSA) is 76.4 Å². The maximum Gasteiger partial charge on any atom is 0.159 e. The number of aromatic nitrogens is 2. The average Bonchev–Trinajstić information content (AvgIpc) is 2.62. The molecular formula is C9H10N4O. The summed E-state index contributed by atoms with van der Waals surface area (Å²) < 4.78 is 1.82. The van der Waals surface area contributed by atoms with E-state index >= 15 is 0 Å². The molecule has 0 aliphatic heterocycles. The van der Waals surface area contributed by atoms with Crippen molar-refractivity contribution in [3.8, 4) is 0 Å². The molecule has 1 aromatic carbocycles. The first kappa shape index (κ1) is 8.55. The predicted octanol–water partition coefficient (Wildman–Crippen LogP) is 0.783. The molecule has 0 atom stereocenters. The minimum Gasteiger partial charge on any atom is -0.409 e. The lowest BCUT2D eigenvalue weighted by Gasteiger charge is -2.01. The number of fused-ring (bicyclic) bond motifs is 1. The monoisotopic (exact) mass is 190 g/mol. The number of nitrogens with two attached hydrogens (primary N) is 1. The molecule has 3 N–H and O–H groups in total. The first-order valence-electron chi connectivity index (χ1n) is 4.17. The van der Waals surface area contributed by atoms with Crippen molar-refractivity contribution >= 4 is 16.9 Å². The van der Waals surface area contributed by atoms with Crippen LogP contribution in [-0.2, 0) is 6.54 Å². The van der Waals surface area contributed by atoms with E-state index in [-0.39, 0.29) is 5.84 Å². The van der Waals surface area contributed by atoms with Crippen LogP contribution in [-0.4, -0.2) is 20.6 Å². The molecule has 2 aromatic rings. The van der Waals surface area contributed by atoms with Gasteiger partial charge in [-0.05, 0) is 12.1 Å². The van der Waals surface area contributed by atoms with Crippen LogP contribution in [0.3, 0.4) is 0 Å². The number of rotatable bonds is 2. The Morgan fingerprint density at radius 2 is 2.29 bits per heavy atom. The first-order chi connectivity index (χ1) is 6.81. The summed E-state index contributed by atoms with van der Waals surface area (Å²) in [5.41, 5.74) is 7.28. The molecule has 5 heteroatoms. The molecular weight excluding hydrogens is 180 g/mol. The van der Waals surface area contributed by atoms with E-state index in [9.17, 15) is 0 Å². The molecule has 5 nitrogen and oxygen atoms in total. The van der Waals surface area contributed by atoms with Gasteiger partial charge in [0, 0.05) is 0 Å². The van der Waals surface area contributed by atoms with Gasteiger partial charge in [0.2, 0.25) is 0 Å². The second-order valence-corrected chi connectivity index (χ2v) is 2.95. The lowest BCUT2D eigenvalue weighted by Crippen LogP contribution is -2.18. The van der Waals surface area contributed by atoms with Crippen LogP contribution in [0.4, 0.5) is 0 Å². The van der Waals surface area contributed by atoms with E-state index in [0.29, 0.717) is 6.54 Å². The molecule has 1 heterocycles. The van der Waals surface area contributed by atoms with E-state index in [1.54, 1.807) is 6.33 Å². The van der Waals surface area contributed by atoms with Crippen molar-refractivity contribution in [1.82, 2.24) is 9.55 Å². The van der Waals surface area contributed by atoms with Gasteiger partial charge in [-0.3, -0.25) is 0 Å². The number of imidazole rings is 1.